The minimum atomic E-state index is 0. The van der Waals surface area contributed by atoms with Crippen molar-refractivity contribution in [3.63, 3.8) is 0 Å². The molecule has 1 heterocycles. The van der Waals surface area contributed by atoms with Gasteiger partial charge < -0.3 is 20.7 Å². The molecule has 0 saturated carbocycles. The summed E-state index contributed by atoms with van der Waals surface area (Å²) in [5, 5.41) is 3.21. The molecule has 0 aromatic heterocycles. The summed E-state index contributed by atoms with van der Waals surface area (Å²) in [6.07, 6.45) is 1.05. The summed E-state index contributed by atoms with van der Waals surface area (Å²) in [6.45, 7) is 1.91. The molecule has 1 saturated heterocycles. The van der Waals surface area contributed by atoms with E-state index in [1.54, 1.807) is 14.2 Å². The molecule has 1 aromatic carbocycles. The van der Waals surface area contributed by atoms with Gasteiger partial charge >= 0.3 is 0 Å². The fourth-order valence-corrected chi connectivity index (χ4v) is 2.26. The Kier molecular flexibility index (Phi) is 6.20. The number of methoxy groups -OCH3 is 1. The number of hydrogen-bond acceptors (Lipinski definition) is 3. The van der Waals surface area contributed by atoms with Crippen LogP contribution >= 0.6 is 24.0 Å². The fourth-order valence-electron chi connectivity index (χ4n) is 2.26. The summed E-state index contributed by atoms with van der Waals surface area (Å²) in [6, 6.07) is 8.42. The van der Waals surface area contributed by atoms with Crippen LogP contribution in [0.15, 0.2) is 29.3 Å². The predicted molar refractivity (Wildman–Crippen MR) is 89.7 cm³/mol. The quantitative estimate of drug-likeness (QED) is 0.476. The minimum Gasteiger partial charge on any atom is -0.495 e. The van der Waals surface area contributed by atoms with Gasteiger partial charge in [-0.1, -0.05) is 12.1 Å². The van der Waals surface area contributed by atoms with Crippen molar-refractivity contribution in [2.24, 2.45) is 10.7 Å². The molecule has 1 fully saturated rings. The number of aliphatic imine (C=N–C) groups is 1. The van der Waals surface area contributed by atoms with Crippen molar-refractivity contribution in [1.82, 2.24) is 5.32 Å². The Morgan fingerprint density at radius 1 is 1.47 bits per heavy atom. The number of nitrogens with one attached hydrogen (secondary N) is 1. The maximum atomic E-state index is 5.69. The van der Waals surface area contributed by atoms with Gasteiger partial charge in [-0.25, -0.2) is 0 Å². The molecular formula is C13H21IN4O. The SMILES string of the molecule is CN=C(N)NC1CCN(c2ccccc2OC)C1.I. The first-order chi connectivity index (χ1) is 8.74. The third kappa shape index (κ3) is 3.89. The lowest BCUT2D eigenvalue weighted by Crippen LogP contribution is -2.41. The van der Waals surface area contributed by atoms with Crippen molar-refractivity contribution in [2.45, 2.75) is 12.5 Å². The number of guanidine groups is 1. The highest BCUT2D eigenvalue weighted by atomic mass is 127. The molecule has 0 aliphatic carbocycles. The third-order valence-corrected chi connectivity index (χ3v) is 3.21. The van der Waals surface area contributed by atoms with Gasteiger partial charge in [0, 0.05) is 26.2 Å². The molecule has 6 heteroatoms. The zero-order valence-electron chi connectivity index (χ0n) is 11.3. The van der Waals surface area contributed by atoms with E-state index in [0.717, 1.165) is 30.9 Å². The fraction of sp³-hybridized carbons (Fsp3) is 0.462. The lowest BCUT2D eigenvalue weighted by Gasteiger charge is -2.21. The van der Waals surface area contributed by atoms with Gasteiger partial charge in [0.05, 0.1) is 12.8 Å². The molecule has 19 heavy (non-hydrogen) atoms. The Balaban J connectivity index is 0.00000180. The van der Waals surface area contributed by atoms with Crippen molar-refractivity contribution in [3.8, 4) is 5.75 Å². The maximum Gasteiger partial charge on any atom is 0.188 e. The van der Waals surface area contributed by atoms with Crippen molar-refractivity contribution in [3.05, 3.63) is 24.3 Å². The van der Waals surface area contributed by atoms with Gasteiger partial charge in [-0.3, -0.25) is 4.99 Å². The standard InChI is InChI=1S/C13H20N4O.HI/c1-15-13(14)16-10-7-8-17(9-10)11-5-3-4-6-12(11)18-2;/h3-6,10H,7-9H2,1-2H3,(H3,14,15,16);1H. The van der Waals surface area contributed by atoms with Crippen LogP contribution in [-0.2, 0) is 0 Å². The summed E-state index contributed by atoms with van der Waals surface area (Å²) in [7, 11) is 3.39. The van der Waals surface area contributed by atoms with E-state index < -0.39 is 0 Å². The highest BCUT2D eigenvalue weighted by Crippen LogP contribution is 2.30. The highest BCUT2D eigenvalue weighted by molar-refractivity contribution is 14.0. The Hall–Kier alpha value is -1.18. The van der Waals surface area contributed by atoms with Crippen LogP contribution in [-0.4, -0.2) is 39.2 Å². The van der Waals surface area contributed by atoms with E-state index in [1.807, 2.05) is 18.2 Å². The molecule has 0 bridgehead atoms. The molecule has 5 nitrogen and oxygen atoms in total. The van der Waals surface area contributed by atoms with E-state index >= 15 is 0 Å². The average molecular weight is 376 g/mol. The summed E-state index contributed by atoms with van der Waals surface area (Å²) in [5.41, 5.74) is 6.82. The number of anilines is 1. The molecule has 1 atom stereocenters. The van der Waals surface area contributed by atoms with E-state index in [4.69, 9.17) is 10.5 Å². The van der Waals surface area contributed by atoms with Crippen molar-refractivity contribution >= 4 is 35.6 Å². The van der Waals surface area contributed by atoms with Crippen LogP contribution in [0.4, 0.5) is 5.69 Å². The van der Waals surface area contributed by atoms with Gasteiger partial charge in [-0.2, -0.15) is 0 Å². The van der Waals surface area contributed by atoms with Gasteiger partial charge in [0.25, 0.3) is 0 Å². The number of benzene rings is 1. The first-order valence-corrected chi connectivity index (χ1v) is 6.11. The molecule has 106 valence electrons. The van der Waals surface area contributed by atoms with E-state index in [0.29, 0.717) is 12.0 Å². The molecule has 0 amide bonds. The van der Waals surface area contributed by atoms with Gasteiger partial charge in [0.1, 0.15) is 5.75 Å². The number of para-hydroxylation sites is 2. The number of nitrogens with zero attached hydrogens (tertiary/aromatic N) is 2. The van der Waals surface area contributed by atoms with E-state index in [-0.39, 0.29) is 24.0 Å². The van der Waals surface area contributed by atoms with Crippen LogP contribution < -0.4 is 20.7 Å². The lowest BCUT2D eigenvalue weighted by atomic mass is 10.2. The van der Waals surface area contributed by atoms with Crippen LogP contribution in [0.1, 0.15) is 6.42 Å². The first kappa shape index (κ1) is 15.9. The number of nitrogens with two attached hydrogens (primary N) is 1. The second-order valence-corrected chi connectivity index (χ2v) is 4.36. The second kappa shape index (κ2) is 7.42. The molecular weight excluding hydrogens is 355 g/mol. The van der Waals surface area contributed by atoms with Crippen molar-refractivity contribution < 1.29 is 4.74 Å². The van der Waals surface area contributed by atoms with Crippen LogP contribution in [0, 0.1) is 0 Å². The molecule has 1 aliphatic rings. The Labute approximate surface area is 131 Å². The summed E-state index contributed by atoms with van der Waals surface area (Å²) in [4.78, 5) is 6.23. The maximum absolute atomic E-state index is 5.69. The summed E-state index contributed by atoms with van der Waals surface area (Å²) >= 11 is 0. The zero-order chi connectivity index (χ0) is 13.0. The monoisotopic (exact) mass is 376 g/mol. The van der Waals surface area contributed by atoms with Gasteiger partial charge in [0.15, 0.2) is 5.96 Å². The molecule has 1 aliphatic heterocycles. The van der Waals surface area contributed by atoms with Crippen LogP contribution in [0.3, 0.4) is 0 Å². The van der Waals surface area contributed by atoms with E-state index in [1.165, 1.54) is 0 Å². The van der Waals surface area contributed by atoms with Gasteiger partial charge in [-0.15, -0.1) is 24.0 Å². The molecule has 2 rings (SSSR count). The molecule has 3 N–H and O–H groups in total. The minimum absolute atomic E-state index is 0. The predicted octanol–water partition coefficient (Wildman–Crippen LogP) is 1.43. The molecule has 0 spiro atoms. The third-order valence-electron chi connectivity index (χ3n) is 3.21. The second-order valence-electron chi connectivity index (χ2n) is 4.36. The highest BCUT2D eigenvalue weighted by Gasteiger charge is 2.24. The number of ether oxygens (including phenoxy) is 1. The van der Waals surface area contributed by atoms with Crippen molar-refractivity contribution in [2.75, 3.05) is 32.1 Å². The lowest BCUT2D eigenvalue weighted by molar-refractivity contribution is 0.415. The Bertz CT molecular complexity index is 438. The largest absolute Gasteiger partial charge is 0.495 e. The van der Waals surface area contributed by atoms with Gasteiger partial charge in [-0.05, 0) is 18.6 Å². The number of hydrogen-bond donors (Lipinski definition) is 2. The smallest absolute Gasteiger partial charge is 0.188 e. The number of rotatable bonds is 3. The molecule has 0 radical (unpaired) electrons. The first-order valence-electron chi connectivity index (χ1n) is 6.11. The number of halogens is 1. The molecule has 1 unspecified atom stereocenters. The molecule has 1 aromatic rings. The van der Waals surface area contributed by atoms with Crippen LogP contribution in [0.2, 0.25) is 0 Å². The zero-order valence-corrected chi connectivity index (χ0v) is 13.6. The van der Waals surface area contributed by atoms with Gasteiger partial charge in [0.2, 0.25) is 0 Å². The van der Waals surface area contributed by atoms with Crippen LogP contribution in [0.25, 0.3) is 0 Å². The normalized spacial score (nSPS) is 18.9. The summed E-state index contributed by atoms with van der Waals surface area (Å²) < 4.78 is 5.38. The summed E-state index contributed by atoms with van der Waals surface area (Å²) in [5.74, 6) is 1.41. The van der Waals surface area contributed by atoms with E-state index in [2.05, 4.69) is 21.3 Å². The van der Waals surface area contributed by atoms with E-state index in [9.17, 15) is 0 Å². The average Bonchev–Trinajstić information content (AvgIpc) is 2.86. The Morgan fingerprint density at radius 3 is 2.89 bits per heavy atom. The topological polar surface area (TPSA) is 62.9 Å². The van der Waals surface area contributed by atoms with Crippen LogP contribution in [0.5, 0.6) is 5.75 Å². The van der Waals surface area contributed by atoms with Crippen molar-refractivity contribution in [1.29, 1.82) is 0 Å². The Morgan fingerprint density at radius 2 is 2.21 bits per heavy atom.